The Morgan fingerprint density at radius 3 is 2.67 bits per heavy atom. The van der Waals surface area contributed by atoms with Crippen molar-refractivity contribution in [3.05, 3.63) is 34.1 Å². The predicted molar refractivity (Wildman–Crippen MR) is 81.0 cm³/mol. The van der Waals surface area contributed by atoms with Crippen molar-refractivity contribution in [2.75, 3.05) is 31.1 Å². The Hall–Kier alpha value is -0.990. The molecule has 1 amide bonds. The minimum Gasteiger partial charge on any atom is -0.351 e. The van der Waals surface area contributed by atoms with E-state index in [1.807, 2.05) is 0 Å². The van der Waals surface area contributed by atoms with E-state index in [9.17, 15) is 17.6 Å². The molecule has 1 aromatic rings. The smallest absolute Gasteiger partial charge is 0.234 e. The number of benzene rings is 1. The van der Waals surface area contributed by atoms with E-state index in [0.717, 1.165) is 4.47 Å². The quantitative estimate of drug-likeness (QED) is 0.846. The molecular formula is C13H16BrFN2O3S. The van der Waals surface area contributed by atoms with Gasteiger partial charge < -0.3 is 5.32 Å². The summed E-state index contributed by atoms with van der Waals surface area (Å²) < 4.78 is 36.8. The Balaban J connectivity index is 1.81. The summed E-state index contributed by atoms with van der Waals surface area (Å²) in [7, 11) is -2.95. The van der Waals surface area contributed by atoms with E-state index < -0.39 is 9.84 Å². The third-order valence-corrected chi connectivity index (χ3v) is 5.39. The highest BCUT2D eigenvalue weighted by Crippen LogP contribution is 2.15. The Morgan fingerprint density at radius 1 is 1.33 bits per heavy atom. The first-order chi connectivity index (χ1) is 9.85. The molecule has 0 atom stereocenters. The van der Waals surface area contributed by atoms with Crippen molar-refractivity contribution in [3.63, 3.8) is 0 Å². The van der Waals surface area contributed by atoms with Crippen molar-refractivity contribution >= 4 is 31.7 Å². The summed E-state index contributed by atoms with van der Waals surface area (Å²) in [4.78, 5) is 13.6. The molecule has 116 valence electrons. The predicted octanol–water partition coefficient (Wildman–Crippen LogP) is 0.935. The highest BCUT2D eigenvalue weighted by Gasteiger charge is 2.22. The topological polar surface area (TPSA) is 66.5 Å². The number of nitrogens with zero attached hydrogens (tertiary/aromatic N) is 1. The van der Waals surface area contributed by atoms with Crippen molar-refractivity contribution in [1.29, 1.82) is 0 Å². The van der Waals surface area contributed by atoms with Crippen molar-refractivity contribution in [3.8, 4) is 0 Å². The molecule has 0 spiro atoms. The number of halogens is 2. The fraction of sp³-hybridized carbons (Fsp3) is 0.462. The summed E-state index contributed by atoms with van der Waals surface area (Å²) in [6, 6.07) is 4.54. The van der Waals surface area contributed by atoms with Crippen LogP contribution in [0.2, 0.25) is 0 Å². The molecule has 2 rings (SSSR count). The zero-order chi connectivity index (χ0) is 15.5. The average Bonchev–Trinajstić information content (AvgIpc) is 2.42. The molecule has 1 heterocycles. The Kier molecular flexibility index (Phi) is 5.34. The van der Waals surface area contributed by atoms with Gasteiger partial charge in [-0.25, -0.2) is 12.8 Å². The van der Waals surface area contributed by atoms with Crippen LogP contribution < -0.4 is 5.32 Å². The molecule has 0 aromatic heterocycles. The first kappa shape index (κ1) is 16.4. The maximum atomic E-state index is 13.5. The molecule has 1 N–H and O–H groups in total. The van der Waals surface area contributed by atoms with Crippen molar-refractivity contribution < 1.29 is 17.6 Å². The summed E-state index contributed by atoms with van der Waals surface area (Å²) in [6.07, 6.45) is 0. The normalized spacial score (nSPS) is 18.4. The molecule has 0 saturated carbocycles. The van der Waals surface area contributed by atoms with Gasteiger partial charge in [0.1, 0.15) is 5.82 Å². The monoisotopic (exact) mass is 378 g/mol. The van der Waals surface area contributed by atoms with Crippen LogP contribution in [0, 0.1) is 5.82 Å². The summed E-state index contributed by atoms with van der Waals surface area (Å²) >= 11 is 3.25. The standard InChI is InChI=1S/C13H16BrFN2O3S/c14-11-1-2-12(15)10(7-11)8-16-13(18)9-17-3-5-21(19,20)6-4-17/h1-2,7H,3-6,8-9H2,(H,16,18). The van der Waals surface area contributed by atoms with E-state index >= 15 is 0 Å². The van der Waals surface area contributed by atoms with Crippen LogP contribution in [0.5, 0.6) is 0 Å². The lowest BCUT2D eigenvalue weighted by Gasteiger charge is -2.25. The number of rotatable bonds is 4. The minimum absolute atomic E-state index is 0.0839. The lowest BCUT2D eigenvalue weighted by atomic mass is 10.2. The number of carbonyl (C=O) groups is 1. The fourth-order valence-electron chi connectivity index (χ4n) is 2.04. The molecule has 1 aliphatic rings. The number of hydrogen-bond donors (Lipinski definition) is 1. The van der Waals surface area contributed by atoms with Crippen LogP contribution in [0.15, 0.2) is 22.7 Å². The molecule has 1 saturated heterocycles. The van der Waals surface area contributed by atoms with Crippen molar-refractivity contribution in [2.24, 2.45) is 0 Å². The van der Waals surface area contributed by atoms with E-state index in [1.54, 1.807) is 17.0 Å². The van der Waals surface area contributed by atoms with E-state index in [-0.39, 0.29) is 36.3 Å². The average molecular weight is 379 g/mol. The number of nitrogens with one attached hydrogen (secondary N) is 1. The molecule has 0 unspecified atom stereocenters. The van der Waals surface area contributed by atoms with Gasteiger partial charge in [0.25, 0.3) is 0 Å². The molecule has 5 nitrogen and oxygen atoms in total. The maximum absolute atomic E-state index is 13.5. The van der Waals surface area contributed by atoms with E-state index in [1.165, 1.54) is 6.07 Å². The zero-order valence-electron chi connectivity index (χ0n) is 11.3. The Labute approximate surface area is 131 Å². The second kappa shape index (κ2) is 6.85. The third kappa shape index (κ3) is 5.05. The minimum atomic E-state index is -2.95. The summed E-state index contributed by atoms with van der Waals surface area (Å²) in [6.45, 7) is 0.962. The first-order valence-electron chi connectivity index (χ1n) is 6.49. The molecular weight excluding hydrogens is 363 g/mol. The first-order valence-corrected chi connectivity index (χ1v) is 9.10. The maximum Gasteiger partial charge on any atom is 0.234 e. The highest BCUT2D eigenvalue weighted by atomic mass is 79.9. The van der Waals surface area contributed by atoms with Gasteiger partial charge in [0.15, 0.2) is 9.84 Å². The van der Waals surface area contributed by atoms with Crippen molar-refractivity contribution in [1.82, 2.24) is 10.2 Å². The molecule has 21 heavy (non-hydrogen) atoms. The summed E-state index contributed by atoms with van der Waals surface area (Å²) in [5.74, 6) is -0.447. The molecule has 8 heteroatoms. The second-order valence-corrected chi connectivity index (χ2v) is 8.16. The summed E-state index contributed by atoms with van der Waals surface area (Å²) in [5.41, 5.74) is 0.402. The van der Waals surface area contributed by atoms with Crippen LogP contribution >= 0.6 is 15.9 Å². The van der Waals surface area contributed by atoms with Crippen LogP contribution in [-0.2, 0) is 21.2 Å². The van der Waals surface area contributed by atoms with Gasteiger partial charge in [0.05, 0.1) is 18.1 Å². The third-order valence-electron chi connectivity index (χ3n) is 3.29. The lowest BCUT2D eigenvalue weighted by molar-refractivity contribution is -0.122. The summed E-state index contributed by atoms with van der Waals surface area (Å²) in [5, 5.41) is 2.64. The van der Waals surface area contributed by atoms with Gasteiger partial charge in [-0.15, -0.1) is 0 Å². The zero-order valence-corrected chi connectivity index (χ0v) is 13.7. The molecule has 0 bridgehead atoms. The molecule has 1 aromatic carbocycles. The largest absolute Gasteiger partial charge is 0.351 e. The fourth-order valence-corrected chi connectivity index (χ4v) is 3.73. The molecule has 1 fully saturated rings. The number of sulfone groups is 1. The van der Waals surface area contributed by atoms with Gasteiger partial charge in [-0.05, 0) is 18.2 Å². The van der Waals surface area contributed by atoms with Crippen LogP contribution in [0.4, 0.5) is 4.39 Å². The molecule has 1 aliphatic heterocycles. The Morgan fingerprint density at radius 2 is 2.00 bits per heavy atom. The van der Waals surface area contributed by atoms with Crippen LogP contribution in [0.1, 0.15) is 5.56 Å². The van der Waals surface area contributed by atoms with Crippen LogP contribution in [0.25, 0.3) is 0 Å². The van der Waals surface area contributed by atoms with Gasteiger partial charge in [0, 0.05) is 29.7 Å². The van der Waals surface area contributed by atoms with E-state index in [2.05, 4.69) is 21.2 Å². The number of hydrogen-bond acceptors (Lipinski definition) is 4. The SMILES string of the molecule is O=C(CN1CCS(=O)(=O)CC1)NCc1cc(Br)ccc1F. The lowest BCUT2D eigenvalue weighted by Crippen LogP contribution is -2.45. The number of amides is 1. The number of carbonyl (C=O) groups excluding carboxylic acids is 1. The van der Waals surface area contributed by atoms with Gasteiger partial charge in [-0.1, -0.05) is 15.9 Å². The molecule has 0 radical (unpaired) electrons. The highest BCUT2D eigenvalue weighted by molar-refractivity contribution is 9.10. The van der Waals surface area contributed by atoms with Gasteiger partial charge in [-0.3, -0.25) is 9.69 Å². The van der Waals surface area contributed by atoms with E-state index in [4.69, 9.17) is 0 Å². The van der Waals surface area contributed by atoms with Crippen LogP contribution in [0.3, 0.4) is 0 Å². The van der Waals surface area contributed by atoms with Gasteiger partial charge in [0.2, 0.25) is 5.91 Å². The van der Waals surface area contributed by atoms with Crippen molar-refractivity contribution in [2.45, 2.75) is 6.54 Å². The second-order valence-electron chi connectivity index (χ2n) is 4.94. The van der Waals surface area contributed by atoms with Crippen LogP contribution in [-0.4, -0.2) is 50.4 Å². The van der Waals surface area contributed by atoms with E-state index in [0.29, 0.717) is 18.7 Å². The van der Waals surface area contributed by atoms with Gasteiger partial charge >= 0.3 is 0 Å². The molecule has 0 aliphatic carbocycles. The van der Waals surface area contributed by atoms with Gasteiger partial charge in [-0.2, -0.15) is 0 Å². The Bertz CT molecular complexity index is 622.